The second-order valence-corrected chi connectivity index (χ2v) is 2.96. The van der Waals surface area contributed by atoms with Crippen LogP contribution < -0.4 is 5.73 Å². The molecule has 0 radical (unpaired) electrons. The lowest BCUT2D eigenvalue weighted by atomic mass is 10.4. The van der Waals surface area contributed by atoms with Crippen molar-refractivity contribution in [2.24, 2.45) is 10.9 Å². The Kier molecular flexibility index (Phi) is 2.13. The summed E-state index contributed by atoms with van der Waals surface area (Å²) in [5, 5.41) is 13.4. The van der Waals surface area contributed by atoms with E-state index in [1.165, 1.54) is 11.3 Å². The maximum atomic E-state index is 8.22. The number of nitrogens with two attached hydrogens (primary N) is 1. The van der Waals surface area contributed by atoms with Crippen LogP contribution in [0.2, 0.25) is 5.02 Å². The zero-order chi connectivity index (χ0) is 7.56. The van der Waals surface area contributed by atoms with Crippen molar-refractivity contribution in [1.82, 2.24) is 0 Å². The fourth-order valence-corrected chi connectivity index (χ4v) is 1.47. The first-order valence-electron chi connectivity index (χ1n) is 2.46. The molecule has 54 valence electrons. The molecule has 10 heavy (non-hydrogen) atoms. The predicted octanol–water partition coefficient (Wildman–Crippen LogP) is 1.50. The Balaban J connectivity index is 2.95. The maximum absolute atomic E-state index is 8.22. The molecule has 0 bridgehead atoms. The molecule has 1 aromatic heterocycles. The highest BCUT2D eigenvalue weighted by Crippen LogP contribution is 2.18. The Bertz CT molecular complexity index is 258. The second-order valence-electron chi connectivity index (χ2n) is 1.61. The summed E-state index contributed by atoms with van der Waals surface area (Å²) < 4.78 is 0. The summed E-state index contributed by atoms with van der Waals surface area (Å²) in [6.07, 6.45) is 0. The highest BCUT2D eigenvalue weighted by Gasteiger charge is 2.00. The van der Waals surface area contributed by atoms with E-state index >= 15 is 0 Å². The Hall–Kier alpha value is -0.740. The molecule has 5 heteroatoms. The highest BCUT2D eigenvalue weighted by atomic mass is 35.5. The summed E-state index contributed by atoms with van der Waals surface area (Å²) >= 11 is 6.91. The van der Waals surface area contributed by atoms with Gasteiger partial charge in [-0.25, -0.2) is 0 Å². The minimum absolute atomic E-state index is 0.0944. The van der Waals surface area contributed by atoms with Crippen molar-refractivity contribution < 1.29 is 5.21 Å². The van der Waals surface area contributed by atoms with Crippen molar-refractivity contribution >= 4 is 28.8 Å². The number of thiophene rings is 1. The zero-order valence-corrected chi connectivity index (χ0v) is 6.49. The van der Waals surface area contributed by atoms with Gasteiger partial charge in [-0.2, -0.15) is 0 Å². The van der Waals surface area contributed by atoms with E-state index in [4.69, 9.17) is 22.5 Å². The summed E-state index contributed by atoms with van der Waals surface area (Å²) in [5.74, 6) is 0.0944. The van der Waals surface area contributed by atoms with E-state index in [9.17, 15) is 0 Å². The lowest BCUT2D eigenvalue weighted by Crippen LogP contribution is -2.10. The molecule has 0 atom stereocenters. The summed E-state index contributed by atoms with van der Waals surface area (Å²) in [5.41, 5.74) is 5.26. The lowest BCUT2D eigenvalue weighted by molar-refractivity contribution is 0.319. The monoisotopic (exact) mass is 176 g/mol. The fraction of sp³-hybridized carbons (Fsp3) is 0. The molecule has 0 aromatic carbocycles. The quantitative estimate of drug-likeness (QED) is 0.295. The Morgan fingerprint density at radius 1 is 1.80 bits per heavy atom. The van der Waals surface area contributed by atoms with Crippen molar-refractivity contribution in [3.05, 3.63) is 21.3 Å². The molecular weight excluding hydrogens is 172 g/mol. The number of amidine groups is 1. The van der Waals surface area contributed by atoms with Gasteiger partial charge in [0, 0.05) is 5.38 Å². The number of hydrogen-bond acceptors (Lipinski definition) is 3. The van der Waals surface area contributed by atoms with Gasteiger partial charge in [-0.3, -0.25) is 0 Å². The van der Waals surface area contributed by atoms with E-state index in [2.05, 4.69) is 5.16 Å². The van der Waals surface area contributed by atoms with Crippen molar-refractivity contribution in [2.75, 3.05) is 0 Å². The van der Waals surface area contributed by atoms with Gasteiger partial charge in [0.1, 0.15) is 0 Å². The summed E-state index contributed by atoms with van der Waals surface area (Å²) in [7, 11) is 0. The number of rotatable bonds is 1. The standard InChI is InChI=1S/C5H5ClN2OS/c6-3-1-4(10-2-3)5(7)8-9/h1-2,9H,(H2,7,8). The number of oxime groups is 1. The molecule has 0 saturated carbocycles. The molecular formula is C5H5ClN2OS. The van der Waals surface area contributed by atoms with E-state index < -0.39 is 0 Å². The van der Waals surface area contributed by atoms with Gasteiger partial charge in [0.05, 0.1) is 9.90 Å². The Morgan fingerprint density at radius 2 is 2.50 bits per heavy atom. The van der Waals surface area contributed by atoms with Crippen LogP contribution in [0.5, 0.6) is 0 Å². The van der Waals surface area contributed by atoms with E-state index in [1.54, 1.807) is 11.4 Å². The Morgan fingerprint density at radius 3 is 2.90 bits per heavy atom. The number of halogens is 1. The Labute approximate surface area is 66.7 Å². The van der Waals surface area contributed by atoms with Crippen LogP contribution in [0, 0.1) is 0 Å². The van der Waals surface area contributed by atoms with E-state index in [1.807, 2.05) is 0 Å². The molecule has 0 aliphatic heterocycles. The second kappa shape index (κ2) is 2.90. The van der Waals surface area contributed by atoms with Gasteiger partial charge >= 0.3 is 0 Å². The van der Waals surface area contributed by atoms with Crippen LogP contribution in [0.4, 0.5) is 0 Å². The van der Waals surface area contributed by atoms with Gasteiger partial charge in [-0.05, 0) is 6.07 Å². The average Bonchev–Trinajstić information content (AvgIpc) is 2.34. The third-order valence-electron chi connectivity index (χ3n) is 0.928. The van der Waals surface area contributed by atoms with Gasteiger partial charge in [0.2, 0.25) is 0 Å². The van der Waals surface area contributed by atoms with Crippen LogP contribution in [-0.2, 0) is 0 Å². The molecule has 0 unspecified atom stereocenters. The van der Waals surface area contributed by atoms with Gasteiger partial charge in [-0.15, -0.1) is 11.3 Å². The molecule has 3 N–H and O–H groups in total. The van der Waals surface area contributed by atoms with Gasteiger partial charge < -0.3 is 10.9 Å². The molecule has 0 spiro atoms. The van der Waals surface area contributed by atoms with Crippen LogP contribution in [0.15, 0.2) is 16.6 Å². The van der Waals surface area contributed by atoms with Gasteiger partial charge in [0.15, 0.2) is 5.84 Å². The van der Waals surface area contributed by atoms with Crippen LogP contribution in [0.25, 0.3) is 0 Å². The van der Waals surface area contributed by atoms with Crippen LogP contribution >= 0.6 is 22.9 Å². The molecule has 0 aliphatic carbocycles. The maximum Gasteiger partial charge on any atom is 0.180 e. The van der Waals surface area contributed by atoms with Crippen LogP contribution in [0.3, 0.4) is 0 Å². The molecule has 0 fully saturated rings. The SMILES string of the molecule is N/C(=N\O)c1cc(Cl)cs1. The predicted molar refractivity (Wildman–Crippen MR) is 41.8 cm³/mol. The third kappa shape index (κ3) is 1.40. The number of nitrogens with zero attached hydrogens (tertiary/aromatic N) is 1. The van der Waals surface area contributed by atoms with E-state index in [0.29, 0.717) is 9.90 Å². The topological polar surface area (TPSA) is 58.6 Å². The summed E-state index contributed by atoms with van der Waals surface area (Å²) in [4.78, 5) is 0.674. The summed E-state index contributed by atoms with van der Waals surface area (Å²) in [6, 6.07) is 1.64. The first kappa shape index (κ1) is 7.37. The fourth-order valence-electron chi connectivity index (χ4n) is 0.497. The van der Waals surface area contributed by atoms with E-state index in [-0.39, 0.29) is 5.84 Å². The first-order valence-corrected chi connectivity index (χ1v) is 3.71. The molecule has 1 heterocycles. The largest absolute Gasteiger partial charge is 0.409 e. The van der Waals surface area contributed by atoms with Crippen molar-refractivity contribution in [2.45, 2.75) is 0 Å². The molecule has 1 aromatic rings. The smallest absolute Gasteiger partial charge is 0.180 e. The van der Waals surface area contributed by atoms with Gasteiger partial charge in [0.25, 0.3) is 0 Å². The molecule has 0 amide bonds. The normalized spacial score (nSPS) is 11.9. The molecule has 0 aliphatic rings. The van der Waals surface area contributed by atoms with Crippen LogP contribution in [0.1, 0.15) is 4.88 Å². The molecule has 1 rings (SSSR count). The lowest BCUT2D eigenvalue weighted by Gasteiger charge is -1.87. The molecule has 0 saturated heterocycles. The number of hydrogen-bond donors (Lipinski definition) is 2. The summed E-state index contributed by atoms with van der Waals surface area (Å²) in [6.45, 7) is 0. The van der Waals surface area contributed by atoms with Crippen molar-refractivity contribution in [3.63, 3.8) is 0 Å². The minimum Gasteiger partial charge on any atom is -0.409 e. The zero-order valence-electron chi connectivity index (χ0n) is 4.91. The van der Waals surface area contributed by atoms with Gasteiger partial charge in [-0.1, -0.05) is 16.8 Å². The van der Waals surface area contributed by atoms with Crippen LogP contribution in [-0.4, -0.2) is 11.0 Å². The average molecular weight is 177 g/mol. The van der Waals surface area contributed by atoms with Crippen molar-refractivity contribution in [1.29, 1.82) is 0 Å². The highest BCUT2D eigenvalue weighted by molar-refractivity contribution is 7.12. The minimum atomic E-state index is 0.0944. The van der Waals surface area contributed by atoms with Crippen molar-refractivity contribution in [3.8, 4) is 0 Å². The third-order valence-corrected chi connectivity index (χ3v) is 2.23. The first-order chi connectivity index (χ1) is 4.74. The molecule has 3 nitrogen and oxygen atoms in total. The van der Waals surface area contributed by atoms with E-state index in [0.717, 1.165) is 0 Å².